The highest BCUT2D eigenvalue weighted by molar-refractivity contribution is 6.30. The van der Waals surface area contributed by atoms with E-state index in [4.69, 9.17) is 23.2 Å². The van der Waals surface area contributed by atoms with Crippen LogP contribution in [0.3, 0.4) is 0 Å². The van der Waals surface area contributed by atoms with Crippen molar-refractivity contribution in [3.8, 4) is 22.5 Å². The highest BCUT2D eigenvalue weighted by Gasteiger charge is 2.12. The Morgan fingerprint density at radius 3 is 2.48 bits per heavy atom. The van der Waals surface area contributed by atoms with Gasteiger partial charge >= 0.3 is 0 Å². The first-order valence-electron chi connectivity index (χ1n) is 6.34. The second-order valence-corrected chi connectivity index (χ2v) is 5.30. The minimum Gasteiger partial charge on any atom is -0.275 e. The van der Waals surface area contributed by atoms with Crippen LogP contribution in [0.1, 0.15) is 5.69 Å². The van der Waals surface area contributed by atoms with Gasteiger partial charge < -0.3 is 0 Å². The second-order valence-electron chi connectivity index (χ2n) is 4.59. The normalized spacial score (nSPS) is 10.8. The van der Waals surface area contributed by atoms with Crippen molar-refractivity contribution >= 4 is 23.2 Å². The molecule has 0 atom stereocenters. The van der Waals surface area contributed by atoms with Crippen LogP contribution >= 0.6 is 23.2 Å². The van der Waals surface area contributed by atoms with E-state index >= 15 is 0 Å². The summed E-state index contributed by atoms with van der Waals surface area (Å²) < 4.78 is 1.73. The lowest BCUT2D eigenvalue weighted by Gasteiger charge is -2.07. The van der Waals surface area contributed by atoms with E-state index in [-0.39, 0.29) is 0 Å². The minimum atomic E-state index is 0.304. The molecule has 0 aliphatic carbocycles. The molecule has 0 aliphatic heterocycles. The van der Waals surface area contributed by atoms with E-state index in [0.29, 0.717) is 10.9 Å². The average Bonchev–Trinajstić information content (AvgIpc) is 2.94. The van der Waals surface area contributed by atoms with E-state index < -0.39 is 0 Å². The largest absolute Gasteiger partial charge is 0.275 e. The molecule has 0 aliphatic rings. The van der Waals surface area contributed by atoms with Crippen molar-refractivity contribution in [2.45, 2.75) is 5.88 Å². The average molecular weight is 319 g/mol. The Balaban J connectivity index is 2.10. The quantitative estimate of drug-likeness (QED) is 0.687. The lowest BCUT2D eigenvalue weighted by molar-refractivity contribution is 0.768. The van der Waals surface area contributed by atoms with Gasteiger partial charge in [0.05, 0.1) is 35.4 Å². The predicted octanol–water partition coefficient (Wildman–Crippen LogP) is 3.94. The number of rotatable bonds is 3. The Morgan fingerprint density at radius 2 is 1.86 bits per heavy atom. The van der Waals surface area contributed by atoms with Gasteiger partial charge in [-0.2, -0.15) is 5.10 Å². The zero-order chi connectivity index (χ0) is 14.8. The number of hydrogen-bond acceptors (Lipinski definition) is 3. The molecule has 0 fully saturated rings. The summed E-state index contributed by atoms with van der Waals surface area (Å²) in [7, 11) is 1.86. The first-order chi connectivity index (χ1) is 10.2. The second kappa shape index (κ2) is 5.84. The number of halogens is 2. The molecule has 0 bridgehead atoms. The molecule has 6 heteroatoms. The molecular formula is C15H12Cl2N4. The van der Waals surface area contributed by atoms with Gasteiger partial charge in [-0.15, -0.1) is 11.6 Å². The summed E-state index contributed by atoms with van der Waals surface area (Å²) in [6, 6.07) is 7.50. The Hall–Kier alpha value is -1.91. The van der Waals surface area contributed by atoms with Crippen LogP contribution < -0.4 is 0 Å². The van der Waals surface area contributed by atoms with Gasteiger partial charge in [-0.25, -0.2) is 4.98 Å². The van der Waals surface area contributed by atoms with Crippen molar-refractivity contribution in [2.75, 3.05) is 0 Å². The number of alkyl halides is 1. The summed E-state index contributed by atoms with van der Waals surface area (Å²) in [6.07, 6.45) is 5.37. The van der Waals surface area contributed by atoms with Crippen LogP contribution in [-0.2, 0) is 12.9 Å². The minimum absolute atomic E-state index is 0.304. The van der Waals surface area contributed by atoms with Crippen LogP contribution in [-0.4, -0.2) is 19.7 Å². The third-order valence-corrected chi connectivity index (χ3v) is 3.60. The van der Waals surface area contributed by atoms with Gasteiger partial charge in [0.15, 0.2) is 0 Å². The van der Waals surface area contributed by atoms with Gasteiger partial charge in [-0.05, 0) is 12.1 Å². The van der Waals surface area contributed by atoms with E-state index in [1.54, 1.807) is 17.1 Å². The molecule has 3 rings (SSSR count). The summed E-state index contributed by atoms with van der Waals surface area (Å²) in [5.74, 6) is 0.304. The molecule has 0 saturated carbocycles. The molecule has 3 aromatic rings. The third kappa shape index (κ3) is 2.91. The highest BCUT2D eigenvalue weighted by atomic mass is 35.5. The Kier molecular flexibility index (Phi) is 3.90. The summed E-state index contributed by atoms with van der Waals surface area (Å²) in [6.45, 7) is 0. The molecule has 0 N–H and O–H groups in total. The molecule has 21 heavy (non-hydrogen) atoms. The molecule has 4 nitrogen and oxygen atoms in total. The van der Waals surface area contributed by atoms with Gasteiger partial charge in [0.25, 0.3) is 0 Å². The van der Waals surface area contributed by atoms with Gasteiger partial charge in [0.2, 0.25) is 0 Å². The van der Waals surface area contributed by atoms with Gasteiger partial charge in [-0.3, -0.25) is 9.67 Å². The zero-order valence-corrected chi connectivity index (χ0v) is 12.8. The lowest BCUT2D eigenvalue weighted by atomic mass is 10.1. The summed E-state index contributed by atoms with van der Waals surface area (Å²) >= 11 is 11.9. The maximum atomic E-state index is 5.96. The van der Waals surface area contributed by atoms with Crippen molar-refractivity contribution < 1.29 is 0 Å². The van der Waals surface area contributed by atoms with Gasteiger partial charge in [-0.1, -0.05) is 23.7 Å². The predicted molar refractivity (Wildman–Crippen MR) is 84.2 cm³/mol. The molecule has 0 spiro atoms. The van der Waals surface area contributed by atoms with Crippen LogP contribution in [0.4, 0.5) is 0 Å². The fourth-order valence-electron chi connectivity index (χ4n) is 2.05. The van der Waals surface area contributed by atoms with Crippen molar-refractivity contribution in [2.24, 2.45) is 7.05 Å². The SMILES string of the molecule is Cn1cc(-c2nc(-c3ccc(Cl)cc3)cnc2CCl)cn1. The topological polar surface area (TPSA) is 43.6 Å². The third-order valence-electron chi connectivity index (χ3n) is 3.09. The monoisotopic (exact) mass is 318 g/mol. The van der Waals surface area contributed by atoms with Crippen LogP contribution in [0.2, 0.25) is 5.02 Å². The van der Waals surface area contributed by atoms with Crippen LogP contribution in [0, 0.1) is 0 Å². The highest BCUT2D eigenvalue weighted by Crippen LogP contribution is 2.25. The molecule has 0 amide bonds. The molecular weight excluding hydrogens is 307 g/mol. The first-order valence-corrected chi connectivity index (χ1v) is 7.25. The maximum Gasteiger partial charge on any atom is 0.0968 e. The summed E-state index contributed by atoms with van der Waals surface area (Å²) in [4.78, 5) is 9.10. The summed E-state index contributed by atoms with van der Waals surface area (Å²) in [5, 5.41) is 4.86. The van der Waals surface area contributed by atoms with E-state index in [0.717, 1.165) is 28.2 Å². The lowest BCUT2D eigenvalue weighted by Crippen LogP contribution is -1.97. The van der Waals surface area contributed by atoms with Crippen LogP contribution in [0.25, 0.3) is 22.5 Å². The number of benzene rings is 1. The Labute approximate surface area is 132 Å². The fraction of sp³-hybridized carbons (Fsp3) is 0.133. The number of nitrogens with zero attached hydrogens (tertiary/aromatic N) is 4. The molecule has 1 aromatic carbocycles. The maximum absolute atomic E-state index is 5.96. The standard InChI is InChI=1S/C15H12Cl2N4/c1-21-9-11(7-19-21)15-13(6-16)18-8-14(20-15)10-2-4-12(17)5-3-10/h2-5,7-9H,6H2,1H3. The molecule has 0 saturated heterocycles. The fourth-order valence-corrected chi connectivity index (χ4v) is 2.37. The number of aryl methyl sites for hydroxylation is 1. The van der Waals surface area contributed by atoms with E-state index in [9.17, 15) is 0 Å². The Bertz CT molecular complexity index is 766. The smallest absolute Gasteiger partial charge is 0.0968 e. The van der Waals surface area contributed by atoms with Crippen molar-refractivity contribution in [3.05, 3.63) is 53.6 Å². The molecule has 2 aromatic heterocycles. The van der Waals surface area contributed by atoms with Gasteiger partial charge in [0.1, 0.15) is 0 Å². The molecule has 2 heterocycles. The number of hydrogen-bond donors (Lipinski definition) is 0. The first kappa shape index (κ1) is 14.0. The number of aromatic nitrogens is 4. The van der Waals surface area contributed by atoms with Crippen LogP contribution in [0.15, 0.2) is 42.9 Å². The molecule has 106 valence electrons. The molecule has 0 radical (unpaired) electrons. The van der Waals surface area contributed by atoms with Crippen molar-refractivity contribution in [1.82, 2.24) is 19.7 Å². The molecule has 0 unspecified atom stereocenters. The van der Waals surface area contributed by atoms with E-state index in [1.165, 1.54) is 0 Å². The van der Waals surface area contributed by atoms with E-state index in [1.807, 2.05) is 37.5 Å². The van der Waals surface area contributed by atoms with Crippen molar-refractivity contribution in [3.63, 3.8) is 0 Å². The van der Waals surface area contributed by atoms with E-state index in [2.05, 4.69) is 15.1 Å². The summed E-state index contributed by atoms with van der Waals surface area (Å²) in [5.41, 5.74) is 4.13. The van der Waals surface area contributed by atoms with Crippen molar-refractivity contribution in [1.29, 1.82) is 0 Å². The zero-order valence-electron chi connectivity index (χ0n) is 11.3. The van der Waals surface area contributed by atoms with Gasteiger partial charge in [0, 0.05) is 29.4 Å². The van der Waals surface area contributed by atoms with Crippen LogP contribution in [0.5, 0.6) is 0 Å². The Morgan fingerprint density at radius 1 is 1.10 bits per heavy atom.